The topological polar surface area (TPSA) is 38.8 Å². The van der Waals surface area contributed by atoms with E-state index in [1.807, 2.05) is 49.1 Å². The van der Waals surface area contributed by atoms with E-state index < -0.39 is 0 Å². The molecule has 1 amide bonds. The minimum atomic E-state index is -0.379. The van der Waals surface area contributed by atoms with E-state index in [1.165, 1.54) is 32.1 Å². The average molecular weight is 333 g/mol. The van der Waals surface area contributed by atoms with Crippen LogP contribution in [0.15, 0.2) is 30.3 Å². The van der Waals surface area contributed by atoms with Crippen molar-refractivity contribution in [3.8, 4) is 0 Å². The highest BCUT2D eigenvalue weighted by molar-refractivity contribution is 5.93. The Hall–Kier alpha value is -1.39. The molecular formula is C20H31NO3. The molecule has 1 fully saturated rings. The quantitative estimate of drug-likeness (QED) is 0.629. The lowest BCUT2D eigenvalue weighted by Gasteiger charge is -2.30. The van der Waals surface area contributed by atoms with Crippen LogP contribution in [0.3, 0.4) is 0 Å². The van der Waals surface area contributed by atoms with Crippen molar-refractivity contribution in [1.82, 2.24) is 0 Å². The number of amides is 1. The molecule has 1 saturated carbocycles. The van der Waals surface area contributed by atoms with Crippen LogP contribution in [-0.4, -0.2) is 32.0 Å². The van der Waals surface area contributed by atoms with Crippen LogP contribution in [-0.2, 0) is 14.3 Å². The maximum atomic E-state index is 13.0. The minimum Gasteiger partial charge on any atom is -0.351 e. The number of carbonyl (C=O) groups is 1. The summed E-state index contributed by atoms with van der Waals surface area (Å²) in [6.45, 7) is 5.48. The Balaban J connectivity index is 2.07. The predicted molar refractivity (Wildman–Crippen MR) is 97.0 cm³/mol. The molecule has 0 unspecified atom stereocenters. The van der Waals surface area contributed by atoms with Gasteiger partial charge in [-0.15, -0.1) is 0 Å². The summed E-state index contributed by atoms with van der Waals surface area (Å²) in [4.78, 5) is 14.8. The maximum absolute atomic E-state index is 13.0. The zero-order chi connectivity index (χ0) is 17.2. The molecule has 4 nitrogen and oxygen atoms in total. The number of hydrogen-bond acceptors (Lipinski definition) is 3. The van der Waals surface area contributed by atoms with E-state index in [4.69, 9.17) is 9.47 Å². The highest BCUT2D eigenvalue weighted by atomic mass is 16.7. The van der Waals surface area contributed by atoms with Crippen molar-refractivity contribution in [2.45, 2.75) is 58.7 Å². The average Bonchev–Trinajstić information content (AvgIpc) is 2.61. The number of carbonyl (C=O) groups excluding carboxylic acids is 1. The normalized spacial score (nSPS) is 15.6. The van der Waals surface area contributed by atoms with E-state index in [9.17, 15) is 4.79 Å². The molecule has 4 heteroatoms. The van der Waals surface area contributed by atoms with Gasteiger partial charge >= 0.3 is 0 Å². The first-order chi connectivity index (χ1) is 11.7. The van der Waals surface area contributed by atoms with Gasteiger partial charge in [0, 0.05) is 25.3 Å². The van der Waals surface area contributed by atoms with E-state index >= 15 is 0 Å². The summed E-state index contributed by atoms with van der Waals surface area (Å²) in [5, 5.41) is 0. The van der Waals surface area contributed by atoms with Crippen LogP contribution >= 0.6 is 0 Å². The zero-order valence-electron chi connectivity index (χ0n) is 15.1. The van der Waals surface area contributed by atoms with Gasteiger partial charge < -0.3 is 14.4 Å². The van der Waals surface area contributed by atoms with E-state index in [0.29, 0.717) is 32.1 Å². The SMILES string of the molecule is CCOC(CN(C(=O)CC1CCCCC1)c1ccccc1)OCC. The number of anilines is 1. The number of ether oxygens (including phenoxy) is 2. The molecular weight excluding hydrogens is 302 g/mol. The van der Waals surface area contributed by atoms with Gasteiger partial charge in [-0.2, -0.15) is 0 Å². The Morgan fingerprint density at radius 3 is 2.29 bits per heavy atom. The number of hydrogen-bond donors (Lipinski definition) is 0. The van der Waals surface area contributed by atoms with Gasteiger partial charge in [0.05, 0.1) is 6.54 Å². The van der Waals surface area contributed by atoms with Gasteiger partial charge in [-0.05, 0) is 44.7 Å². The largest absolute Gasteiger partial charge is 0.351 e. The van der Waals surface area contributed by atoms with Gasteiger partial charge in [0.15, 0.2) is 6.29 Å². The van der Waals surface area contributed by atoms with Gasteiger partial charge in [-0.1, -0.05) is 37.5 Å². The summed E-state index contributed by atoms with van der Waals surface area (Å²) in [6.07, 6.45) is 6.41. The van der Waals surface area contributed by atoms with Crippen molar-refractivity contribution in [3.63, 3.8) is 0 Å². The van der Waals surface area contributed by atoms with Crippen molar-refractivity contribution in [2.24, 2.45) is 5.92 Å². The van der Waals surface area contributed by atoms with Crippen molar-refractivity contribution in [3.05, 3.63) is 30.3 Å². The molecule has 0 aromatic heterocycles. The lowest BCUT2D eigenvalue weighted by molar-refractivity contribution is -0.136. The Labute approximate surface area is 146 Å². The fourth-order valence-corrected chi connectivity index (χ4v) is 3.38. The Kier molecular flexibility index (Phi) is 8.26. The second kappa shape index (κ2) is 10.5. The minimum absolute atomic E-state index is 0.178. The first-order valence-electron chi connectivity index (χ1n) is 9.33. The molecule has 1 aromatic carbocycles. The van der Waals surface area contributed by atoms with Crippen molar-refractivity contribution < 1.29 is 14.3 Å². The van der Waals surface area contributed by atoms with E-state index in [-0.39, 0.29) is 12.2 Å². The molecule has 1 aliphatic carbocycles. The fraction of sp³-hybridized carbons (Fsp3) is 0.650. The van der Waals surface area contributed by atoms with Crippen molar-refractivity contribution in [2.75, 3.05) is 24.7 Å². The Bertz CT molecular complexity index is 465. The second-order valence-corrected chi connectivity index (χ2v) is 6.39. The molecule has 0 aliphatic heterocycles. The monoisotopic (exact) mass is 333 g/mol. The summed E-state index contributed by atoms with van der Waals surface area (Å²) < 4.78 is 11.3. The van der Waals surface area contributed by atoms with Crippen LogP contribution in [0, 0.1) is 5.92 Å². The third kappa shape index (κ3) is 5.91. The van der Waals surface area contributed by atoms with Crippen LogP contribution < -0.4 is 4.90 Å². The standard InChI is InChI=1S/C20H31NO3/c1-3-23-20(24-4-2)16-21(18-13-9-6-10-14-18)19(22)15-17-11-7-5-8-12-17/h6,9-10,13-14,17,20H,3-5,7-8,11-12,15-16H2,1-2H3. The van der Waals surface area contributed by atoms with Gasteiger partial charge in [0.1, 0.15) is 0 Å². The van der Waals surface area contributed by atoms with Crippen LogP contribution in [0.5, 0.6) is 0 Å². The third-order valence-electron chi connectivity index (χ3n) is 4.59. The van der Waals surface area contributed by atoms with Crippen LogP contribution in [0.1, 0.15) is 52.4 Å². The maximum Gasteiger partial charge on any atom is 0.227 e. The van der Waals surface area contributed by atoms with Crippen LogP contribution in [0.4, 0.5) is 5.69 Å². The molecule has 0 atom stereocenters. The van der Waals surface area contributed by atoms with Crippen LogP contribution in [0.25, 0.3) is 0 Å². The first-order valence-corrected chi connectivity index (χ1v) is 9.33. The van der Waals surface area contributed by atoms with E-state index in [0.717, 1.165) is 5.69 Å². The smallest absolute Gasteiger partial charge is 0.227 e. The Morgan fingerprint density at radius 2 is 1.71 bits per heavy atom. The highest BCUT2D eigenvalue weighted by Crippen LogP contribution is 2.28. The third-order valence-corrected chi connectivity index (χ3v) is 4.59. The number of nitrogens with zero attached hydrogens (tertiary/aromatic N) is 1. The van der Waals surface area contributed by atoms with Crippen molar-refractivity contribution in [1.29, 1.82) is 0 Å². The lowest BCUT2D eigenvalue weighted by atomic mass is 9.86. The molecule has 0 spiro atoms. The Morgan fingerprint density at radius 1 is 1.08 bits per heavy atom. The van der Waals surface area contributed by atoms with Gasteiger partial charge in [0.25, 0.3) is 0 Å². The molecule has 0 saturated heterocycles. The highest BCUT2D eigenvalue weighted by Gasteiger charge is 2.24. The molecule has 0 bridgehead atoms. The van der Waals surface area contributed by atoms with Gasteiger partial charge in [0.2, 0.25) is 5.91 Å². The second-order valence-electron chi connectivity index (χ2n) is 6.39. The molecule has 134 valence electrons. The molecule has 2 rings (SSSR count). The van der Waals surface area contributed by atoms with Gasteiger partial charge in [-0.3, -0.25) is 4.79 Å². The summed E-state index contributed by atoms with van der Waals surface area (Å²) in [7, 11) is 0. The zero-order valence-corrected chi connectivity index (χ0v) is 15.1. The molecule has 1 aromatic rings. The molecule has 24 heavy (non-hydrogen) atoms. The summed E-state index contributed by atoms with van der Waals surface area (Å²) >= 11 is 0. The number of para-hydroxylation sites is 1. The predicted octanol–water partition coefficient (Wildman–Crippen LogP) is 4.39. The van der Waals surface area contributed by atoms with E-state index in [2.05, 4.69) is 0 Å². The molecule has 1 aliphatic rings. The molecule has 0 N–H and O–H groups in total. The summed E-state index contributed by atoms with van der Waals surface area (Å²) in [6, 6.07) is 9.86. The van der Waals surface area contributed by atoms with Crippen molar-refractivity contribution >= 4 is 11.6 Å². The number of benzene rings is 1. The molecule has 0 heterocycles. The molecule has 0 radical (unpaired) electrons. The van der Waals surface area contributed by atoms with Crippen LogP contribution in [0.2, 0.25) is 0 Å². The van der Waals surface area contributed by atoms with E-state index in [1.54, 1.807) is 0 Å². The number of rotatable bonds is 9. The fourth-order valence-electron chi connectivity index (χ4n) is 3.38. The van der Waals surface area contributed by atoms with Gasteiger partial charge in [-0.25, -0.2) is 0 Å². The lowest BCUT2D eigenvalue weighted by Crippen LogP contribution is -2.40. The summed E-state index contributed by atoms with van der Waals surface area (Å²) in [5.41, 5.74) is 0.919. The summed E-state index contributed by atoms with van der Waals surface area (Å²) in [5.74, 6) is 0.701. The first kappa shape index (κ1) is 18.9.